The van der Waals surface area contributed by atoms with E-state index in [9.17, 15) is 4.39 Å². The van der Waals surface area contributed by atoms with Crippen LogP contribution in [0.1, 0.15) is 56.4 Å². The number of halogens is 2. The number of nitrogens with one attached hydrogen (secondary N) is 2. The van der Waals surface area contributed by atoms with Crippen molar-refractivity contribution in [2.45, 2.75) is 45.6 Å². The number of guanidine groups is 1. The highest BCUT2D eigenvalue weighted by Crippen LogP contribution is 2.22. The fraction of sp³-hybridized carbons (Fsp3) is 0.609. The summed E-state index contributed by atoms with van der Waals surface area (Å²) in [6, 6.07) is 6.79. The first kappa shape index (κ1) is 27.5. The molecule has 0 saturated carbocycles. The molecule has 33 heavy (non-hydrogen) atoms. The Kier molecular flexibility index (Phi) is 12.0. The number of aryl methyl sites for hydroxylation is 1. The molecule has 10 heteroatoms. The zero-order valence-electron chi connectivity index (χ0n) is 19.7. The van der Waals surface area contributed by atoms with Gasteiger partial charge in [-0.15, -0.1) is 24.0 Å². The second-order valence-corrected chi connectivity index (χ2v) is 8.17. The van der Waals surface area contributed by atoms with E-state index in [0.717, 1.165) is 56.4 Å². The van der Waals surface area contributed by atoms with Crippen molar-refractivity contribution in [3.05, 3.63) is 47.4 Å². The van der Waals surface area contributed by atoms with Gasteiger partial charge in [0.2, 0.25) is 5.89 Å². The van der Waals surface area contributed by atoms with Crippen LogP contribution in [0, 0.1) is 5.82 Å². The number of ether oxygens (including phenoxy) is 1. The second kappa shape index (κ2) is 14.5. The Labute approximate surface area is 212 Å². The van der Waals surface area contributed by atoms with Crippen LogP contribution in [0.3, 0.4) is 0 Å². The van der Waals surface area contributed by atoms with Crippen LogP contribution in [0.2, 0.25) is 0 Å². The van der Waals surface area contributed by atoms with E-state index in [1.165, 1.54) is 12.1 Å². The van der Waals surface area contributed by atoms with Gasteiger partial charge in [-0.05, 0) is 31.0 Å². The summed E-state index contributed by atoms with van der Waals surface area (Å²) in [6.07, 6.45) is 1.58. The van der Waals surface area contributed by atoms with E-state index in [1.54, 1.807) is 0 Å². The molecule has 1 aromatic carbocycles. The average Bonchev–Trinajstić information content (AvgIpc) is 3.28. The van der Waals surface area contributed by atoms with E-state index in [0.29, 0.717) is 25.6 Å². The molecule has 1 aliphatic rings. The van der Waals surface area contributed by atoms with Crippen molar-refractivity contribution in [2.24, 2.45) is 4.99 Å². The molecular weight excluding hydrogens is 538 g/mol. The molecule has 2 heterocycles. The maximum absolute atomic E-state index is 13.4. The number of benzene rings is 1. The number of morpholine rings is 1. The fourth-order valence-electron chi connectivity index (χ4n) is 3.58. The Morgan fingerprint density at radius 3 is 2.55 bits per heavy atom. The maximum atomic E-state index is 13.4. The summed E-state index contributed by atoms with van der Waals surface area (Å²) in [5, 5.41) is 10.7. The van der Waals surface area contributed by atoms with Crippen LogP contribution >= 0.6 is 24.0 Å². The quantitative estimate of drug-likeness (QED) is 0.194. The predicted octanol–water partition coefficient (Wildman–Crippen LogP) is 3.51. The second-order valence-electron chi connectivity index (χ2n) is 8.17. The van der Waals surface area contributed by atoms with Crippen molar-refractivity contribution in [1.29, 1.82) is 0 Å². The molecule has 0 bridgehead atoms. The molecule has 2 N–H and O–H groups in total. The largest absolute Gasteiger partial charge is 0.379 e. The van der Waals surface area contributed by atoms with Crippen LogP contribution in [0.5, 0.6) is 0 Å². The normalized spacial score (nSPS) is 15.8. The molecule has 0 amide bonds. The molecule has 1 aromatic heterocycles. The Balaban J connectivity index is 0.00000385. The van der Waals surface area contributed by atoms with Crippen molar-refractivity contribution in [2.75, 3.05) is 45.9 Å². The van der Waals surface area contributed by atoms with Crippen molar-refractivity contribution in [3.8, 4) is 0 Å². The highest BCUT2D eigenvalue weighted by Gasteiger charge is 2.22. The molecule has 0 radical (unpaired) electrons. The van der Waals surface area contributed by atoms with Crippen LogP contribution in [-0.4, -0.2) is 66.9 Å². The minimum absolute atomic E-state index is 0. The van der Waals surface area contributed by atoms with Gasteiger partial charge >= 0.3 is 0 Å². The minimum Gasteiger partial charge on any atom is -0.379 e. The number of hydrogen-bond donors (Lipinski definition) is 2. The number of aromatic nitrogens is 2. The summed E-state index contributed by atoms with van der Waals surface area (Å²) in [6.45, 7) is 11.3. The smallest absolute Gasteiger partial charge is 0.226 e. The zero-order chi connectivity index (χ0) is 22.8. The lowest BCUT2D eigenvalue weighted by molar-refractivity contribution is 0.0179. The van der Waals surface area contributed by atoms with E-state index in [1.807, 2.05) is 32.9 Å². The lowest BCUT2D eigenvalue weighted by Gasteiger charge is -2.34. The molecule has 1 atom stereocenters. The highest BCUT2D eigenvalue weighted by molar-refractivity contribution is 14.0. The first-order valence-corrected chi connectivity index (χ1v) is 11.5. The number of nitrogens with zero attached hydrogens (tertiary/aromatic N) is 4. The highest BCUT2D eigenvalue weighted by atomic mass is 127. The molecule has 1 fully saturated rings. The van der Waals surface area contributed by atoms with Gasteiger partial charge in [-0.3, -0.25) is 9.89 Å². The molecule has 3 rings (SSSR count). The van der Waals surface area contributed by atoms with Crippen molar-refractivity contribution < 1.29 is 13.7 Å². The third-order valence-electron chi connectivity index (χ3n) is 5.37. The van der Waals surface area contributed by atoms with Crippen molar-refractivity contribution in [3.63, 3.8) is 0 Å². The lowest BCUT2D eigenvalue weighted by atomic mass is 10.0. The van der Waals surface area contributed by atoms with E-state index >= 15 is 0 Å². The fourth-order valence-corrected chi connectivity index (χ4v) is 3.58. The van der Waals surface area contributed by atoms with E-state index in [2.05, 4.69) is 25.7 Å². The molecule has 8 nitrogen and oxygen atoms in total. The van der Waals surface area contributed by atoms with Gasteiger partial charge in [0, 0.05) is 38.5 Å². The summed E-state index contributed by atoms with van der Waals surface area (Å²) < 4.78 is 24.3. The van der Waals surface area contributed by atoms with E-state index < -0.39 is 0 Å². The van der Waals surface area contributed by atoms with Gasteiger partial charge < -0.3 is 19.9 Å². The van der Waals surface area contributed by atoms with Crippen molar-refractivity contribution >= 4 is 29.9 Å². The summed E-state index contributed by atoms with van der Waals surface area (Å²) in [5.41, 5.74) is 1.06. The summed E-state index contributed by atoms with van der Waals surface area (Å²) in [7, 11) is 0. The third-order valence-corrected chi connectivity index (χ3v) is 5.37. The van der Waals surface area contributed by atoms with Gasteiger partial charge in [-0.2, -0.15) is 4.98 Å². The first-order chi connectivity index (χ1) is 15.6. The predicted molar refractivity (Wildman–Crippen MR) is 138 cm³/mol. The molecule has 1 aliphatic heterocycles. The summed E-state index contributed by atoms with van der Waals surface area (Å²) >= 11 is 0. The van der Waals surface area contributed by atoms with E-state index in [-0.39, 0.29) is 41.8 Å². The molecule has 1 saturated heterocycles. The Morgan fingerprint density at radius 2 is 1.91 bits per heavy atom. The Bertz CT molecular complexity index is 840. The first-order valence-electron chi connectivity index (χ1n) is 11.5. The number of aliphatic imine (C=N–C) groups is 1. The number of hydrogen-bond acceptors (Lipinski definition) is 6. The third kappa shape index (κ3) is 8.82. The minimum atomic E-state index is -0.227. The topological polar surface area (TPSA) is 87.8 Å². The Hall–Kier alpha value is -1.79. The zero-order valence-corrected chi connectivity index (χ0v) is 22.0. The monoisotopic (exact) mass is 574 g/mol. The van der Waals surface area contributed by atoms with Gasteiger partial charge in [0.15, 0.2) is 11.8 Å². The van der Waals surface area contributed by atoms with Crippen LogP contribution in [0.15, 0.2) is 33.8 Å². The molecule has 2 aromatic rings. The Morgan fingerprint density at radius 1 is 1.18 bits per heavy atom. The summed E-state index contributed by atoms with van der Waals surface area (Å²) in [5.74, 6) is 2.22. The average molecular weight is 574 g/mol. The van der Waals surface area contributed by atoms with Gasteiger partial charge in [-0.1, -0.05) is 31.1 Å². The van der Waals surface area contributed by atoms with Crippen molar-refractivity contribution in [1.82, 2.24) is 25.7 Å². The van der Waals surface area contributed by atoms with Gasteiger partial charge in [0.25, 0.3) is 0 Å². The van der Waals surface area contributed by atoms with Crippen LogP contribution in [0.25, 0.3) is 0 Å². The molecule has 0 aliphatic carbocycles. The SMILES string of the molecule is CCNC(=NCC(c1ccc(F)cc1)N1CCOCC1)NCCCc1nc(C(C)C)no1.I. The summed E-state index contributed by atoms with van der Waals surface area (Å²) in [4.78, 5) is 11.6. The lowest BCUT2D eigenvalue weighted by Crippen LogP contribution is -2.42. The molecule has 184 valence electrons. The van der Waals surface area contributed by atoms with Gasteiger partial charge in [0.1, 0.15) is 5.82 Å². The standard InChI is InChI=1S/C23H35FN6O2.HI/c1-4-25-23(26-11-5-6-21-28-22(17(2)3)29-32-21)27-16-20(30-12-14-31-15-13-30)18-7-9-19(24)10-8-18;/h7-10,17,20H,4-6,11-16H2,1-3H3,(H2,25,26,27);1H. The van der Waals surface area contributed by atoms with Crippen LogP contribution in [-0.2, 0) is 11.2 Å². The van der Waals surface area contributed by atoms with Crippen LogP contribution in [0.4, 0.5) is 4.39 Å². The van der Waals surface area contributed by atoms with Crippen LogP contribution < -0.4 is 10.6 Å². The molecule has 1 unspecified atom stereocenters. The maximum Gasteiger partial charge on any atom is 0.226 e. The molecular formula is C23H36FIN6O2. The number of rotatable bonds is 10. The molecule has 0 spiro atoms. The van der Waals surface area contributed by atoms with E-state index in [4.69, 9.17) is 14.3 Å². The van der Waals surface area contributed by atoms with Gasteiger partial charge in [0.05, 0.1) is 25.8 Å². The van der Waals surface area contributed by atoms with Gasteiger partial charge in [-0.25, -0.2) is 4.39 Å².